The summed E-state index contributed by atoms with van der Waals surface area (Å²) in [7, 11) is 0. The highest BCUT2D eigenvalue weighted by atomic mass is 19.1. The van der Waals surface area contributed by atoms with E-state index in [0.717, 1.165) is 17.7 Å². The maximum Gasteiger partial charge on any atom is 0.269 e. The van der Waals surface area contributed by atoms with Crippen LogP contribution in [-0.4, -0.2) is 24.0 Å². The summed E-state index contributed by atoms with van der Waals surface area (Å²) >= 11 is 0. The van der Waals surface area contributed by atoms with E-state index >= 15 is 0 Å². The van der Waals surface area contributed by atoms with Gasteiger partial charge in [-0.05, 0) is 43.2 Å². The van der Waals surface area contributed by atoms with E-state index in [9.17, 15) is 9.18 Å². The van der Waals surface area contributed by atoms with E-state index in [1.165, 1.54) is 12.1 Å². The van der Waals surface area contributed by atoms with Gasteiger partial charge in [0.05, 0.1) is 0 Å². The van der Waals surface area contributed by atoms with Crippen LogP contribution < -0.4 is 10.6 Å². The van der Waals surface area contributed by atoms with Gasteiger partial charge in [-0.25, -0.2) is 4.39 Å². The number of pyridine rings is 1. The number of nitrogens with one attached hydrogen (secondary N) is 2. The van der Waals surface area contributed by atoms with Gasteiger partial charge in [0.15, 0.2) is 0 Å². The number of amides is 1. The number of benzene rings is 1. The average Bonchev–Trinajstić information content (AvgIpc) is 2.50. The van der Waals surface area contributed by atoms with Crippen LogP contribution in [0.2, 0.25) is 0 Å². The number of hydrogen-bond acceptors (Lipinski definition) is 3. The van der Waals surface area contributed by atoms with Crippen molar-refractivity contribution in [2.75, 3.05) is 18.4 Å². The van der Waals surface area contributed by atoms with Crippen LogP contribution in [-0.2, 0) is 6.42 Å². The molecule has 0 aliphatic heterocycles. The Kier molecular flexibility index (Phi) is 5.26. The van der Waals surface area contributed by atoms with Crippen molar-refractivity contribution in [3.8, 4) is 0 Å². The number of nitrogens with zero attached hydrogens (tertiary/aromatic N) is 1. The number of halogens is 1. The predicted molar refractivity (Wildman–Crippen MR) is 80.8 cm³/mol. The Bertz CT molecular complexity index is 599. The standard InChI is InChI=1S/C16H18FN3O/c1-2-18-16(21)15-11-14(8-10-20-15)19-9-7-12-3-5-13(17)6-4-12/h3-6,8,10-11H,2,7,9H2,1H3,(H,18,21)(H,19,20). The van der Waals surface area contributed by atoms with Crippen LogP contribution in [0.4, 0.5) is 10.1 Å². The summed E-state index contributed by atoms with van der Waals surface area (Å²) in [6.45, 7) is 3.13. The molecule has 0 atom stereocenters. The quantitative estimate of drug-likeness (QED) is 0.858. The van der Waals surface area contributed by atoms with E-state index in [1.54, 1.807) is 24.4 Å². The lowest BCUT2D eigenvalue weighted by Gasteiger charge is -2.08. The van der Waals surface area contributed by atoms with Gasteiger partial charge < -0.3 is 10.6 Å². The molecule has 4 nitrogen and oxygen atoms in total. The molecule has 2 rings (SSSR count). The van der Waals surface area contributed by atoms with E-state index in [2.05, 4.69) is 15.6 Å². The molecule has 1 aromatic heterocycles. The van der Waals surface area contributed by atoms with Crippen molar-refractivity contribution >= 4 is 11.6 Å². The van der Waals surface area contributed by atoms with Crippen LogP contribution in [0.5, 0.6) is 0 Å². The number of hydrogen-bond donors (Lipinski definition) is 2. The molecule has 0 fully saturated rings. The molecule has 110 valence electrons. The summed E-state index contributed by atoms with van der Waals surface area (Å²) < 4.78 is 12.8. The smallest absolute Gasteiger partial charge is 0.269 e. The lowest BCUT2D eigenvalue weighted by Crippen LogP contribution is -2.23. The zero-order valence-corrected chi connectivity index (χ0v) is 11.9. The zero-order valence-electron chi connectivity index (χ0n) is 11.9. The molecule has 0 spiro atoms. The Morgan fingerprint density at radius 2 is 2.00 bits per heavy atom. The van der Waals surface area contributed by atoms with Crippen molar-refractivity contribution in [3.63, 3.8) is 0 Å². The molecule has 0 bridgehead atoms. The van der Waals surface area contributed by atoms with Crippen molar-refractivity contribution in [3.05, 3.63) is 59.7 Å². The molecule has 5 heteroatoms. The van der Waals surface area contributed by atoms with E-state index in [-0.39, 0.29) is 11.7 Å². The molecule has 0 saturated heterocycles. The lowest BCUT2D eigenvalue weighted by atomic mass is 10.1. The molecular weight excluding hydrogens is 269 g/mol. The maximum absolute atomic E-state index is 12.8. The zero-order chi connectivity index (χ0) is 15.1. The second-order valence-corrected chi connectivity index (χ2v) is 4.59. The molecular formula is C16H18FN3O. The van der Waals surface area contributed by atoms with Gasteiger partial charge in [-0.3, -0.25) is 9.78 Å². The van der Waals surface area contributed by atoms with Gasteiger partial charge in [-0.1, -0.05) is 12.1 Å². The molecule has 0 radical (unpaired) electrons. The summed E-state index contributed by atoms with van der Waals surface area (Å²) in [4.78, 5) is 15.7. The first-order chi connectivity index (χ1) is 10.2. The second-order valence-electron chi connectivity index (χ2n) is 4.59. The molecule has 0 unspecified atom stereocenters. The van der Waals surface area contributed by atoms with Crippen molar-refractivity contribution < 1.29 is 9.18 Å². The normalized spacial score (nSPS) is 10.2. The topological polar surface area (TPSA) is 54.0 Å². The summed E-state index contributed by atoms with van der Waals surface area (Å²) in [6, 6.07) is 9.97. The Hall–Kier alpha value is -2.43. The Balaban J connectivity index is 1.89. The van der Waals surface area contributed by atoms with Gasteiger partial charge in [0, 0.05) is 25.0 Å². The predicted octanol–water partition coefficient (Wildman–Crippen LogP) is 2.63. The second kappa shape index (κ2) is 7.38. The monoisotopic (exact) mass is 287 g/mol. The van der Waals surface area contributed by atoms with Gasteiger partial charge in [0.1, 0.15) is 11.5 Å². The van der Waals surface area contributed by atoms with Crippen molar-refractivity contribution in [1.82, 2.24) is 10.3 Å². The molecule has 1 aromatic carbocycles. The van der Waals surface area contributed by atoms with E-state index in [4.69, 9.17) is 0 Å². The third kappa shape index (κ3) is 4.56. The highest BCUT2D eigenvalue weighted by Crippen LogP contribution is 2.09. The van der Waals surface area contributed by atoms with Crippen LogP contribution >= 0.6 is 0 Å². The Morgan fingerprint density at radius 1 is 1.24 bits per heavy atom. The lowest BCUT2D eigenvalue weighted by molar-refractivity contribution is 0.0951. The molecule has 0 saturated carbocycles. The minimum absolute atomic E-state index is 0.181. The average molecular weight is 287 g/mol. The first-order valence-electron chi connectivity index (χ1n) is 6.91. The molecule has 0 aliphatic carbocycles. The summed E-state index contributed by atoms with van der Waals surface area (Å²) in [5.74, 6) is -0.410. The number of carbonyl (C=O) groups is 1. The fourth-order valence-electron chi connectivity index (χ4n) is 1.92. The molecule has 1 amide bonds. The maximum atomic E-state index is 12.8. The SMILES string of the molecule is CCNC(=O)c1cc(NCCc2ccc(F)cc2)ccn1. The highest BCUT2D eigenvalue weighted by molar-refractivity contribution is 5.93. The Labute approximate surface area is 123 Å². The number of aromatic nitrogens is 1. The minimum atomic E-state index is -0.229. The van der Waals surface area contributed by atoms with Gasteiger partial charge in [-0.15, -0.1) is 0 Å². The highest BCUT2D eigenvalue weighted by Gasteiger charge is 2.06. The fourth-order valence-corrected chi connectivity index (χ4v) is 1.92. The van der Waals surface area contributed by atoms with Gasteiger partial charge >= 0.3 is 0 Å². The molecule has 21 heavy (non-hydrogen) atoms. The van der Waals surface area contributed by atoms with Crippen LogP contribution in [0.1, 0.15) is 23.0 Å². The third-order valence-corrected chi connectivity index (χ3v) is 2.99. The van der Waals surface area contributed by atoms with Crippen LogP contribution in [0.3, 0.4) is 0 Å². The van der Waals surface area contributed by atoms with Gasteiger partial charge in [0.25, 0.3) is 5.91 Å². The molecule has 2 aromatic rings. The summed E-state index contributed by atoms with van der Waals surface area (Å²) in [5, 5.41) is 5.94. The van der Waals surface area contributed by atoms with Gasteiger partial charge in [-0.2, -0.15) is 0 Å². The third-order valence-electron chi connectivity index (χ3n) is 2.99. The van der Waals surface area contributed by atoms with Crippen molar-refractivity contribution in [2.24, 2.45) is 0 Å². The first kappa shape index (κ1) is 15.0. The summed E-state index contributed by atoms with van der Waals surface area (Å²) in [6.07, 6.45) is 2.38. The first-order valence-corrected chi connectivity index (χ1v) is 6.91. The van der Waals surface area contributed by atoms with E-state index in [0.29, 0.717) is 18.8 Å². The van der Waals surface area contributed by atoms with Gasteiger partial charge in [0.2, 0.25) is 0 Å². The molecule has 2 N–H and O–H groups in total. The van der Waals surface area contributed by atoms with E-state index in [1.807, 2.05) is 13.0 Å². The number of rotatable bonds is 6. The molecule has 0 aliphatic rings. The minimum Gasteiger partial charge on any atom is -0.385 e. The largest absolute Gasteiger partial charge is 0.385 e. The molecule has 1 heterocycles. The van der Waals surface area contributed by atoms with Crippen LogP contribution in [0, 0.1) is 5.82 Å². The number of carbonyl (C=O) groups excluding carboxylic acids is 1. The fraction of sp³-hybridized carbons (Fsp3) is 0.250. The van der Waals surface area contributed by atoms with Crippen molar-refractivity contribution in [2.45, 2.75) is 13.3 Å². The van der Waals surface area contributed by atoms with Crippen LogP contribution in [0.25, 0.3) is 0 Å². The van der Waals surface area contributed by atoms with E-state index < -0.39 is 0 Å². The van der Waals surface area contributed by atoms with Crippen molar-refractivity contribution in [1.29, 1.82) is 0 Å². The number of anilines is 1. The Morgan fingerprint density at radius 3 is 2.71 bits per heavy atom. The van der Waals surface area contributed by atoms with Crippen LogP contribution in [0.15, 0.2) is 42.6 Å². The summed E-state index contributed by atoms with van der Waals surface area (Å²) in [5.41, 5.74) is 2.29.